The van der Waals surface area contributed by atoms with Gasteiger partial charge in [-0.1, -0.05) is 46.9 Å². The van der Waals surface area contributed by atoms with Crippen LogP contribution in [0.1, 0.15) is 33.2 Å². The Morgan fingerprint density at radius 2 is 1.69 bits per heavy atom. The van der Waals surface area contributed by atoms with E-state index in [9.17, 15) is 14.4 Å². The Hall–Kier alpha value is -3.59. The molecule has 11 heteroatoms. The van der Waals surface area contributed by atoms with Crippen molar-refractivity contribution in [2.75, 3.05) is 13.2 Å². The highest BCUT2D eigenvalue weighted by molar-refractivity contribution is 6.36. The summed E-state index contributed by atoms with van der Waals surface area (Å²) in [6.45, 7) is 1.79. The average molecular weight is 549 g/mol. The molecule has 0 radical (unpaired) electrons. The van der Waals surface area contributed by atoms with E-state index in [0.29, 0.717) is 22.9 Å². The first-order valence-electron chi connectivity index (χ1n) is 10.6. The van der Waals surface area contributed by atoms with E-state index in [1.807, 2.05) is 0 Å². The molecule has 0 aliphatic heterocycles. The fourth-order valence-corrected chi connectivity index (χ4v) is 3.59. The lowest BCUT2D eigenvalue weighted by Crippen LogP contribution is -2.35. The van der Waals surface area contributed by atoms with Crippen LogP contribution in [0.4, 0.5) is 0 Å². The van der Waals surface area contributed by atoms with Crippen LogP contribution in [0, 0.1) is 0 Å². The maximum absolute atomic E-state index is 12.5. The Labute approximate surface area is 222 Å². The predicted molar refractivity (Wildman–Crippen MR) is 139 cm³/mol. The van der Waals surface area contributed by atoms with Crippen LogP contribution in [0.3, 0.4) is 0 Å². The van der Waals surface area contributed by atoms with Crippen molar-refractivity contribution in [2.24, 2.45) is 5.10 Å². The van der Waals surface area contributed by atoms with Crippen LogP contribution < -0.4 is 20.2 Å². The molecule has 3 aromatic rings. The minimum absolute atomic E-state index is 0.151. The summed E-state index contributed by atoms with van der Waals surface area (Å²) in [5, 5.41) is 7.17. The lowest BCUT2D eigenvalue weighted by Gasteiger charge is -2.12. The number of benzene rings is 3. The van der Waals surface area contributed by atoms with Crippen molar-refractivity contribution >= 4 is 58.8 Å². The van der Waals surface area contributed by atoms with Gasteiger partial charge in [-0.15, -0.1) is 0 Å². The third kappa shape index (κ3) is 7.45. The minimum Gasteiger partial charge on any atom is -0.490 e. The molecule has 186 valence electrons. The van der Waals surface area contributed by atoms with Crippen molar-refractivity contribution in [3.63, 3.8) is 0 Å². The van der Waals surface area contributed by atoms with Gasteiger partial charge in [0, 0.05) is 5.02 Å². The number of amides is 2. The molecule has 0 aliphatic rings. The fourth-order valence-electron chi connectivity index (χ4n) is 2.89. The molecule has 2 amide bonds. The van der Waals surface area contributed by atoms with Crippen LogP contribution in [0.25, 0.3) is 0 Å². The molecule has 3 rings (SSSR count). The van der Waals surface area contributed by atoms with Crippen molar-refractivity contribution in [1.29, 1.82) is 0 Å². The smallest absolute Gasteiger partial charge is 0.345 e. The van der Waals surface area contributed by atoms with Gasteiger partial charge in [0.25, 0.3) is 11.8 Å². The molecular formula is C25H20Cl3N3O5. The Bertz CT molecular complexity index is 1310. The third-order valence-corrected chi connectivity index (χ3v) is 5.43. The highest BCUT2D eigenvalue weighted by Gasteiger charge is 2.16. The molecule has 0 atom stereocenters. The molecular weight excluding hydrogens is 529 g/mol. The summed E-state index contributed by atoms with van der Waals surface area (Å²) in [5.74, 6) is -1.23. The predicted octanol–water partition coefficient (Wildman–Crippen LogP) is 5.14. The first-order chi connectivity index (χ1) is 17.3. The molecule has 0 saturated carbocycles. The second-order valence-electron chi connectivity index (χ2n) is 7.11. The molecule has 36 heavy (non-hydrogen) atoms. The van der Waals surface area contributed by atoms with Crippen LogP contribution in [-0.2, 0) is 4.79 Å². The van der Waals surface area contributed by atoms with Crippen molar-refractivity contribution in [3.05, 3.63) is 92.4 Å². The zero-order valence-electron chi connectivity index (χ0n) is 18.9. The van der Waals surface area contributed by atoms with Gasteiger partial charge in [0.2, 0.25) is 0 Å². The molecule has 0 unspecified atom stereocenters. The second-order valence-corrected chi connectivity index (χ2v) is 8.36. The number of hydrogen-bond donors (Lipinski definition) is 2. The summed E-state index contributed by atoms with van der Waals surface area (Å²) in [6.07, 6.45) is 1.37. The number of hydrazone groups is 1. The summed E-state index contributed by atoms with van der Waals surface area (Å²) in [5.41, 5.74) is 3.29. The quantitative estimate of drug-likeness (QED) is 0.167. The molecule has 0 saturated heterocycles. The molecule has 0 aromatic heterocycles. The van der Waals surface area contributed by atoms with Crippen LogP contribution in [0.15, 0.2) is 65.8 Å². The maximum atomic E-state index is 12.5. The number of nitrogens with zero attached hydrogens (tertiary/aromatic N) is 1. The van der Waals surface area contributed by atoms with Crippen molar-refractivity contribution in [3.8, 4) is 11.5 Å². The van der Waals surface area contributed by atoms with Crippen molar-refractivity contribution in [2.45, 2.75) is 6.92 Å². The monoisotopic (exact) mass is 547 g/mol. The standard InChI is InChI=1S/C25H20Cl3N3O5/c1-2-35-22-11-15(7-10-21(22)36-25(34)18-9-8-16(26)12-20(18)28)13-30-31-23(32)14-29-24(33)17-5-3-4-6-19(17)27/h3-13H,2,14H2,1H3,(H,29,33)(H,31,32)/b30-13+. The highest BCUT2D eigenvalue weighted by atomic mass is 35.5. The average Bonchev–Trinajstić information content (AvgIpc) is 2.84. The molecule has 0 spiro atoms. The Kier molecular flexibility index (Phi) is 9.69. The van der Waals surface area contributed by atoms with Crippen LogP contribution in [0.2, 0.25) is 15.1 Å². The molecule has 0 bridgehead atoms. The Morgan fingerprint density at radius 1 is 0.917 bits per heavy atom. The lowest BCUT2D eigenvalue weighted by molar-refractivity contribution is -0.120. The van der Waals surface area contributed by atoms with Crippen LogP contribution >= 0.6 is 34.8 Å². The topological polar surface area (TPSA) is 106 Å². The van der Waals surface area contributed by atoms with Gasteiger partial charge in [0.05, 0.1) is 40.5 Å². The zero-order valence-corrected chi connectivity index (χ0v) is 21.2. The number of ether oxygens (including phenoxy) is 2. The van der Waals surface area contributed by atoms with E-state index in [1.54, 1.807) is 43.3 Å². The first kappa shape index (κ1) is 27.0. The van der Waals surface area contributed by atoms with E-state index in [1.165, 1.54) is 30.5 Å². The largest absolute Gasteiger partial charge is 0.490 e. The van der Waals surface area contributed by atoms with Crippen LogP contribution in [0.5, 0.6) is 11.5 Å². The van der Waals surface area contributed by atoms with E-state index < -0.39 is 17.8 Å². The Balaban J connectivity index is 1.60. The summed E-state index contributed by atoms with van der Waals surface area (Å²) >= 11 is 17.9. The molecule has 0 fully saturated rings. The number of carbonyl (C=O) groups is 3. The third-order valence-electron chi connectivity index (χ3n) is 4.55. The number of rotatable bonds is 9. The lowest BCUT2D eigenvalue weighted by atomic mass is 10.2. The van der Waals surface area contributed by atoms with Crippen LogP contribution in [-0.4, -0.2) is 37.1 Å². The van der Waals surface area contributed by atoms with Gasteiger partial charge in [-0.2, -0.15) is 5.10 Å². The van der Waals surface area contributed by atoms with E-state index in [4.69, 9.17) is 44.3 Å². The van der Waals surface area contributed by atoms with Gasteiger partial charge in [-0.3, -0.25) is 9.59 Å². The summed E-state index contributed by atoms with van der Waals surface area (Å²) in [4.78, 5) is 36.7. The van der Waals surface area contributed by atoms with Gasteiger partial charge in [0.1, 0.15) is 0 Å². The first-order valence-corrected chi connectivity index (χ1v) is 11.7. The fraction of sp³-hybridized carbons (Fsp3) is 0.120. The van der Waals surface area contributed by atoms with Gasteiger partial charge < -0.3 is 14.8 Å². The number of esters is 1. The minimum atomic E-state index is -0.676. The van der Waals surface area contributed by atoms with Gasteiger partial charge >= 0.3 is 5.97 Å². The van der Waals surface area contributed by atoms with Crippen molar-refractivity contribution < 1.29 is 23.9 Å². The van der Waals surface area contributed by atoms with E-state index in [0.717, 1.165) is 0 Å². The highest BCUT2D eigenvalue weighted by Crippen LogP contribution is 2.30. The van der Waals surface area contributed by atoms with Gasteiger partial charge in [-0.25, -0.2) is 10.2 Å². The molecule has 0 heterocycles. The second kappa shape index (κ2) is 12.9. The molecule has 2 N–H and O–H groups in total. The number of halogens is 3. The maximum Gasteiger partial charge on any atom is 0.345 e. The SMILES string of the molecule is CCOc1cc(/C=N/NC(=O)CNC(=O)c2ccccc2Cl)ccc1OC(=O)c1ccc(Cl)cc1Cl. The van der Waals surface area contributed by atoms with E-state index >= 15 is 0 Å². The number of nitrogens with one attached hydrogen (secondary N) is 2. The molecule has 8 nitrogen and oxygen atoms in total. The molecule has 0 aliphatic carbocycles. The molecule has 3 aromatic carbocycles. The zero-order chi connectivity index (χ0) is 26.1. The summed E-state index contributed by atoms with van der Waals surface area (Å²) in [6, 6.07) is 15.7. The number of carbonyl (C=O) groups excluding carboxylic acids is 3. The number of hydrogen-bond acceptors (Lipinski definition) is 6. The van der Waals surface area contributed by atoms with Gasteiger partial charge in [0.15, 0.2) is 11.5 Å². The normalized spacial score (nSPS) is 10.7. The Morgan fingerprint density at radius 3 is 2.42 bits per heavy atom. The van der Waals surface area contributed by atoms with E-state index in [-0.39, 0.29) is 33.5 Å². The van der Waals surface area contributed by atoms with Gasteiger partial charge in [-0.05, 0) is 61.0 Å². The van der Waals surface area contributed by atoms with E-state index in [2.05, 4.69) is 15.8 Å². The van der Waals surface area contributed by atoms with Crippen molar-refractivity contribution in [1.82, 2.24) is 10.7 Å². The summed E-state index contributed by atoms with van der Waals surface area (Å²) < 4.78 is 11.0. The summed E-state index contributed by atoms with van der Waals surface area (Å²) in [7, 11) is 0.